The van der Waals surface area contributed by atoms with Crippen LogP contribution in [-0.2, 0) is 4.79 Å². The molecule has 3 aromatic carbocycles. The topological polar surface area (TPSA) is 76.2 Å². The molecule has 0 radical (unpaired) electrons. The highest BCUT2D eigenvalue weighted by Crippen LogP contribution is 2.34. The molecular weight excluding hydrogens is 444 g/mol. The van der Waals surface area contributed by atoms with Gasteiger partial charge in [-0.25, -0.2) is 0 Å². The van der Waals surface area contributed by atoms with Gasteiger partial charge in [0.1, 0.15) is 13.2 Å². The van der Waals surface area contributed by atoms with Crippen molar-refractivity contribution in [2.45, 2.75) is 6.42 Å². The highest BCUT2D eigenvalue weighted by molar-refractivity contribution is 6.21. The summed E-state index contributed by atoms with van der Waals surface area (Å²) in [6.07, 6.45) is 3.85. The molecule has 3 amide bonds. The third-order valence-corrected chi connectivity index (χ3v) is 5.96. The van der Waals surface area contributed by atoms with Gasteiger partial charge in [-0.15, -0.1) is 0 Å². The Morgan fingerprint density at radius 2 is 1.51 bits per heavy atom. The summed E-state index contributed by atoms with van der Waals surface area (Å²) < 4.78 is 11.3. The van der Waals surface area contributed by atoms with Crippen molar-refractivity contribution >= 4 is 29.5 Å². The van der Waals surface area contributed by atoms with Crippen molar-refractivity contribution in [3.05, 3.63) is 95.6 Å². The maximum absolute atomic E-state index is 13.4. The number of hydrogen-bond donors (Lipinski definition) is 0. The zero-order valence-corrected chi connectivity index (χ0v) is 19.1. The zero-order valence-electron chi connectivity index (χ0n) is 19.1. The molecule has 0 aromatic heterocycles. The zero-order chi connectivity index (χ0) is 24.2. The summed E-state index contributed by atoms with van der Waals surface area (Å²) >= 11 is 0. The number of fused-ring (bicyclic) bond motifs is 2. The smallest absolute Gasteiger partial charge is 0.261 e. The molecule has 0 unspecified atom stereocenters. The fraction of sp³-hybridized carbons (Fsp3) is 0.179. The van der Waals surface area contributed by atoms with E-state index in [0.29, 0.717) is 48.1 Å². The Kier molecular flexibility index (Phi) is 6.30. The molecule has 0 aliphatic carbocycles. The number of rotatable bonds is 7. The van der Waals surface area contributed by atoms with Gasteiger partial charge in [0.05, 0.1) is 11.1 Å². The first-order valence-electron chi connectivity index (χ1n) is 11.5. The van der Waals surface area contributed by atoms with Gasteiger partial charge in [-0.2, -0.15) is 0 Å². The van der Waals surface area contributed by atoms with E-state index in [4.69, 9.17) is 9.47 Å². The molecule has 0 saturated heterocycles. The molecule has 7 heteroatoms. The van der Waals surface area contributed by atoms with Crippen molar-refractivity contribution < 1.29 is 23.9 Å². The van der Waals surface area contributed by atoms with E-state index >= 15 is 0 Å². The largest absolute Gasteiger partial charge is 0.486 e. The van der Waals surface area contributed by atoms with E-state index in [1.165, 1.54) is 0 Å². The SMILES string of the molecule is O=C1c2ccccc2C(=O)N1CCC(=O)N(C/C=C/c1ccccc1)c1ccc2c(c1)OCCO2. The Hall–Kier alpha value is -4.39. The lowest BCUT2D eigenvalue weighted by Gasteiger charge is -2.25. The van der Waals surface area contributed by atoms with Crippen molar-refractivity contribution in [1.29, 1.82) is 0 Å². The van der Waals surface area contributed by atoms with Crippen LogP contribution in [0.3, 0.4) is 0 Å². The molecule has 3 aromatic rings. The summed E-state index contributed by atoms with van der Waals surface area (Å²) in [7, 11) is 0. The first kappa shape index (κ1) is 22.4. The van der Waals surface area contributed by atoms with Crippen LogP contribution < -0.4 is 14.4 Å². The maximum Gasteiger partial charge on any atom is 0.261 e. The van der Waals surface area contributed by atoms with Crippen molar-refractivity contribution in [2.24, 2.45) is 0 Å². The summed E-state index contributed by atoms with van der Waals surface area (Å²) in [6, 6.07) is 21.9. The predicted octanol–water partition coefficient (Wildman–Crippen LogP) is 4.19. The Bertz CT molecular complexity index is 1270. The molecule has 176 valence electrons. The number of carbonyl (C=O) groups excluding carboxylic acids is 3. The van der Waals surface area contributed by atoms with Crippen LogP contribution >= 0.6 is 0 Å². The normalized spacial score (nSPS) is 14.3. The van der Waals surface area contributed by atoms with Gasteiger partial charge in [-0.1, -0.05) is 54.6 Å². The number of imide groups is 1. The summed E-state index contributed by atoms with van der Waals surface area (Å²) in [5, 5.41) is 0. The monoisotopic (exact) mass is 468 g/mol. The molecular formula is C28H24N2O5. The van der Waals surface area contributed by atoms with Crippen LogP contribution in [0.2, 0.25) is 0 Å². The second-order valence-corrected chi connectivity index (χ2v) is 8.20. The second kappa shape index (κ2) is 9.85. The van der Waals surface area contributed by atoms with Crippen molar-refractivity contribution in [2.75, 3.05) is 31.2 Å². The van der Waals surface area contributed by atoms with E-state index in [1.54, 1.807) is 41.3 Å². The van der Waals surface area contributed by atoms with Gasteiger partial charge in [-0.3, -0.25) is 19.3 Å². The van der Waals surface area contributed by atoms with Crippen LogP contribution in [0.4, 0.5) is 5.69 Å². The van der Waals surface area contributed by atoms with Crippen LogP contribution in [0.25, 0.3) is 6.08 Å². The third-order valence-electron chi connectivity index (χ3n) is 5.96. The number of carbonyl (C=O) groups is 3. The highest BCUT2D eigenvalue weighted by Gasteiger charge is 2.35. The summed E-state index contributed by atoms with van der Waals surface area (Å²) in [5.74, 6) is 0.273. The van der Waals surface area contributed by atoms with Crippen LogP contribution in [0.5, 0.6) is 11.5 Å². The number of ether oxygens (including phenoxy) is 2. The van der Waals surface area contributed by atoms with E-state index in [9.17, 15) is 14.4 Å². The summed E-state index contributed by atoms with van der Waals surface area (Å²) in [6.45, 7) is 1.25. The van der Waals surface area contributed by atoms with Crippen LogP contribution in [0, 0.1) is 0 Å². The average Bonchev–Trinajstić information content (AvgIpc) is 3.15. The van der Waals surface area contributed by atoms with Gasteiger partial charge in [-0.05, 0) is 29.8 Å². The van der Waals surface area contributed by atoms with Gasteiger partial charge in [0.25, 0.3) is 11.8 Å². The Morgan fingerprint density at radius 3 is 2.23 bits per heavy atom. The average molecular weight is 469 g/mol. The molecule has 0 atom stereocenters. The van der Waals surface area contributed by atoms with Gasteiger partial charge in [0.15, 0.2) is 11.5 Å². The molecule has 0 bridgehead atoms. The third kappa shape index (κ3) is 4.66. The second-order valence-electron chi connectivity index (χ2n) is 8.20. The number of benzene rings is 3. The van der Waals surface area contributed by atoms with Gasteiger partial charge in [0.2, 0.25) is 5.91 Å². The first-order chi connectivity index (χ1) is 17.1. The number of amides is 3. The molecule has 35 heavy (non-hydrogen) atoms. The van der Waals surface area contributed by atoms with Crippen molar-refractivity contribution in [3.8, 4) is 11.5 Å². The lowest BCUT2D eigenvalue weighted by molar-refractivity contribution is -0.118. The molecule has 7 nitrogen and oxygen atoms in total. The predicted molar refractivity (Wildman–Crippen MR) is 132 cm³/mol. The minimum absolute atomic E-state index is 0.000905. The maximum atomic E-state index is 13.4. The number of hydrogen-bond acceptors (Lipinski definition) is 5. The fourth-order valence-corrected chi connectivity index (χ4v) is 4.19. The molecule has 2 aliphatic heterocycles. The fourth-order valence-electron chi connectivity index (χ4n) is 4.19. The Labute approximate surface area is 203 Å². The summed E-state index contributed by atoms with van der Waals surface area (Å²) in [4.78, 5) is 41.5. The molecule has 2 aliphatic rings. The molecule has 0 fully saturated rings. The van der Waals surface area contributed by atoms with Crippen LogP contribution in [0.1, 0.15) is 32.7 Å². The van der Waals surface area contributed by atoms with Crippen LogP contribution in [-0.4, -0.2) is 48.9 Å². The quantitative estimate of drug-likeness (QED) is 0.486. The standard InChI is InChI=1S/C28H24N2O5/c31-26(14-16-30-27(32)22-10-4-5-11-23(22)28(30)33)29(15-6-9-20-7-2-1-3-8-20)21-12-13-24-25(19-21)35-18-17-34-24/h1-13,19H,14-18H2/b9-6+. The van der Waals surface area contributed by atoms with Crippen LogP contribution in [0.15, 0.2) is 78.9 Å². The number of nitrogens with zero attached hydrogens (tertiary/aromatic N) is 2. The summed E-state index contributed by atoms with van der Waals surface area (Å²) in [5.41, 5.74) is 2.42. The van der Waals surface area contributed by atoms with E-state index < -0.39 is 0 Å². The van der Waals surface area contributed by atoms with Gasteiger partial charge < -0.3 is 14.4 Å². The molecule has 0 spiro atoms. The van der Waals surface area contributed by atoms with Crippen molar-refractivity contribution in [3.63, 3.8) is 0 Å². The molecule has 0 saturated carbocycles. The van der Waals surface area contributed by atoms with E-state index in [0.717, 1.165) is 10.5 Å². The van der Waals surface area contributed by atoms with Gasteiger partial charge in [0, 0.05) is 31.3 Å². The lowest BCUT2D eigenvalue weighted by Crippen LogP contribution is -2.37. The minimum atomic E-state index is -0.367. The Morgan fingerprint density at radius 1 is 0.857 bits per heavy atom. The first-order valence-corrected chi connectivity index (χ1v) is 11.5. The highest BCUT2D eigenvalue weighted by atomic mass is 16.6. The molecule has 5 rings (SSSR count). The number of anilines is 1. The van der Waals surface area contributed by atoms with E-state index in [-0.39, 0.29) is 30.7 Å². The Balaban J connectivity index is 1.34. The van der Waals surface area contributed by atoms with Crippen molar-refractivity contribution in [1.82, 2.24) is 4.90 Å². The molecule has 0 N–H and O–H groups in total. The van der Waals surface area contributed by atoms with Gasteiger partial charge >= 0.3 is 0 Å². The lowest BCUT2D eigenvalue weighted by atomic mass is 10.1. The molecule has 2 heterocycles. The van der Waals surface area contributed by atoms with E-state index in [1.807, 2.05) is 48.6 Å². The minimum Gasteiger partial charge on any atom is -0.486 e. The van der Waals surface area contributed by atoms with E-state index in [2.05, 4.69) is 0 Å².